The van der Waals surface area contributed by atoms with Crippen molar-refractivity contribution in [2.75, 3.05) is 5.32 Å². The summed E-state index contributed by atoms with van der Waals surface area (Å²) in [6.45, 7) is 4.92. The molecule has 1 rings (SSSR count). The SMILES string of the molecule is C=CC(=O)Nc1ccc(C)c([N+](=O)[O-])c1. The van der Waals surface area contributed by atoms with Crippen molar-refractivity contribution in [3.8, 4) is 0 Å². The van der Waals surface area contributed by atoms with Gasteiger partial charge in [0.05, 0.1) is 4.92 Å². The summed E-state index contributed by atoms with van der Waals surface area (Å²) in [6, 6.07) is 4.50. The smallest absolute Gasteiger partial charge is 0.274 e. The molecule has 0 aliphatic carbocycles. The molecule has 0 heterocycles. The maximum atomic E-state index is 10.9. The highest BCUT2D eigenvalue weighted by atomic mass is 16.6. The van der Waals surface area contributed by atoms with Crippen LogP contribution in [0, 0.1) is 17.0 Å². The van der Waals surface area contributed by atoms with Crippen LogP contribution in [-0.2, 0) is 4.79 Å². The van der Waals surface area contributed by atoms with Crippen molar-refractivity contribution in [1.29, 1.82) is 0 Å². The minimum atomic E-state index is -0.487. The number of hydrogen-bond acceptors (Lipinski definition) is 3. The summed E-state index contributed by atoms with van der Waals surface area (Å²) in [6.07, 6.45) is 1.10. The molecule has 0 saturated heterocycles. The first kappa shape index (κ1) is 10.9. The van der Waals surface area contributed by atoms with Crippen molar-refractivity contribution in [2.24, 2.45) is 0 Å². The lowest BCUT2D eigenvalue weighted by atomic mass is 10.2. The molecule has 0 bridgehead atoms. The molecule has 1 N–H and O–H groups in total. The second-order valence-electron chi connectivity index (χ2n) is 2.95. The molecule has 5 nitrogen and oxygen atoms in total. The molecule has 1 aromatic rings. The van der Waals surface area contributed by atoms with Crippen molar-refractivity contribution < 1.29 is 9.72 Å². The third kappa shape index (κ3) is 2.63. The number of carbonyl (C=O) groups is 1. The predicted molar refractivity (Wildman–Crippen MR) is 56.7 cm³/mol. The summed E-state index contributed by atoms with van der Waals surface area (Å²) >= 11 is 0. The first-order valence-electron chi connectivity index (χ1n) is 4.23. The van der Waals surface area contributed by atoms with Crippen LogP contribution in [0.3, 0.4) is 0 Å². The maximum Gasteiger partial charge on any atom is 0.274 e. The number of aryl methyl sites for hydroxylation is 1. The summed E-state index contributed by atoms with van der Waals surface area (Å²) in [5.41, 5.74) is 0.922. The Morgan fingerprint density at radius 2 is 2.27 bits per heavy atom. The van der Waals surface area contributed by atoms with E-state index in [2.05, 4.69) is 11.9 Å². The van der Waals surface area contributed by atoms with Gasteiger partial charge in [0.1, 0.15) is 0 Å². The second-order valence-corrected chi connectivity index (χ2v) is 2.95. The van der Waals surface area contributed by atoms with Gasteiger partial charge in [-0.15, -0.1) is 0 Å². The van der Waals surface area contributed by atoms with Crippen LogP contribution in [-0.4, -0.2) is 10.8 Å². The lowest BCUT2D eigenvalue weighted by molar-refractivity contribution is -0.385. The fourth-order valence-electron chi connectivity index (χ4n) is 1.08. The van der Waals surface area contributed by atoms with Crippen LogP contribution < -0.4 is 5.32 Å². The van der Waals surface area contributed by atoms with E-state index < -0.39 is 10.8 Å². The average Bonchev–Trinajstić information content (AvgIpc) is 2.20. The molecule has 1 aromatic carbocycles. The van der Waals surface area contributed by atoms with Gasteiger partial charge in [0, 0.05) is 17.3 Å². The molecule has 78 valence electrons. The van der Waals surface area contributed by atoms with Gasteiger partial charge in [0.25, 0.3) is 5.69 Å². The van der Waals surface area contributed by atoms with Crippen LogP contribution in [0.4, 0.5) is 11.4 Å². The minimum absolute atomic E-state index is 0.0168. The fraction of sp³-hybridized carbons (Fsp3) is 0.100. The standard InChI is InChI=1S/C10H10N2O3/c1-3-10(13)11-8-5-4-7(2)9(6-8)12(14)15/h3-6H,1H2,2H3,(H,11,13). The number of nitrogens with zero attached hydrogens (tertiary/aromatic N) is 1. The zero-order valence-corrected chi connectivity index (χ0v) is 8.19. The van der Waals surface area contributed by atoms with Gasteiger partial charge < -0.3 is 5.32 Å². The summed E-state index contributed by atoms with van der Waals surface area (Å²) in [7, 11) is 0. The third-order valence-electron chi connectivity index (χ3n) is 1.86. The van der Waals surface area contributed by atoms with Gasteiger partial charge in [0.2, 0.25) is 5.91 Å². The van der Waals surface area contributed by atoms with Gasteiger partial charge in [-0.25, -0.2) is 0 Å². The van der Waals surface area contributed by atoms with E-state index in [1.54, 1.807) is 19.1 Å². The zero-order chi connectivity index (χ0) is 11.4. The molecule has 15 heavy (non-hydrogen) atoms. The van der Waals surface area contributed by atoms with Gasteiger partial charge in [-0.1, -0.05) is 12.6 Å². The lowest BCUT2D eigenvalue weighted by Gasteiger charge is -2.03. The molecule has 0 fully saturated rings. The number of nitro groups is 1. The molecule has 0 aliphatic heterocycles. The topological polar surface area (TPSA) is 72.2 Å². The molecule has 0 aromatic heterocycles. The molecule has 5 heteroatoms. The van der Waals surface area contributed by atoms with E-state index in [0.717, 1.165) is 6.08 Å². The number of anilines is 1. The molecule has 0 atom stereocenters. The van der Waals surface area contributed by atoms with E-state index in [4.69, 9.17) is 0 Å². The third-order valence-corrected chi connectivity index (χ3v) is 1.86. The lowest BCUT2D eigenvalue weighted by Crippen LogP contribution is -2.07. The Morgan fingerprint density at radius 3 is 2.80 bits per heavy atom. The first-order valence-corrected chi connectivity index (χ1v) is 4.23. The highest BCUT2D eigenvalue weighted by Crippen LogP contribution is 2.22. The van der Waals surface area contributed by atoms with E-state index >= 15 is 0 Å². The fourth-order valence-corrected chi connectivity index (χ4v) is 1.08. The van der Waals surface area contributed by atoms with Gasteiger partial charge in [0.15, 0.2) is 0 Å². The molecule has 0 radical (unpaired) electrons. The Hall–Kier alpha value is -2.17. The van der Waals surface area contributed by atoms with E-state index in [1.807, 2.05) is 0 Å². The highest BCUT2D eigenvalue weighted by Gasteiger charge is 2.11. The summed E-state index contributed by atoms with van der Waals surface area (Å²) in [5, 5.41) is 13.1. The van der Waals surface area contributed by atoms with E-state index in [-0.39, 0.29) is 5.69 Å². The molecule has 1 amide bonds. The predicted octanol–water partition coefficient (Wildman–Crippen LogP) is 2.03. The molecule has 0 saturated carbocycles. The molecular formula is C10H10N2O3. The molecular weight excluding hydrogens is 196 g/mol. The normalized spacial score (nSPS) is 9.40. The number of nitro benzene ring substituents is 1. The number of nitrogens with one attached hydrogen (secondary N) is 1. The van der Waals surface area contributed by atoms with Crippen molar-refractivity contribution in [3.05, 3.63) is 46.5 Å². The van der Waals surface area contributed by atoms with Crippen LogP contribution in [0.1, 0.15) is 5.56 Å². The second kappa shape index (κ2) is 4.36. The van der Waals surface area contributed by atoms with Crippen molar-refractivity contribution >= 4 is 17.3 Å². The van der Waals surface area contributed by atoms with E-state index in [0.29, 0.717) is 11.3 Å². The first-order chi connectivity index (χ1) is 7.04. The Kier molecular flexibility index (Phi) is 3.17. The van der Waals surface area contributed by atoms with Gasteiger partial charge >= 0.3 is 0 Å². The highest BCUT2D eigenvalue weighted by molar-refractivity contribution is 5.99. The molecule has 0 spiro atoms. The largest absolute Gasteiger partial charge is 0.322 e. The van der Waals surface area contributed by atoms with Crippen molar-refractivity contribution in [1.82, 2.24) is 0 Å². The number of carbonyl (C=O) groups excluding carboxylic acids is 1. The molecule has 0 aliphatic rings. The maximum absolute atomic E-state index is 10.9. The summed E-state index contributed by atoms with van der Waals surface area (Å²) < 4.78 is 0. The average molecular weight is 206 g/mol. The van der Waals surface area contributed by atoms with Crippen LogP contribution >= 0.6 is 0 Å². The van der Waals surface area contributed by atoms with Gasteiger partial charge in [-0.2, -0.15) is 0 Å². The number of hydrogen-bond donors (Lipinski definition) is 1. The van der Waals surface area contributed by atoms with Gasteiger partial charge in [-0.3, -0.25) is 14.9 Å². The monoisotopic (exact) mass is 206 g/mol. The molecule has 0 unspecified atom stereocenters. The van der Waals surface area contributed by atoms with Crippen LogP contribution in [0.25, 0.3) is 0 Å². The van der Waals surface area contributed by atoms with Crippen LogP contribution in [0.15, 0.2) is 30.9 Å². The minimum Gasteiger partial charge on any atom is -0.322 e. The van der Waals surface area contributed by atoms with Gasteiger partial charge in [-0.05, 0) is 19.1 Å². The van der Waals surface area contributed by atoms with Crippen molar-refractivity contribution in [2.45, 2.75) is 6.92 Å². The Bertz CT molecular complexity index is 427. The van der Waals surface area contributed by atoms with E-state index in [1.165, 1.54) is 6.07 Å². The summed E-state index contributed by atoms with van der Waals surface area (Å²) in [4.78, 5) is 21.1. The number of rotatable bonds is 3. The zero-order valence-electron chi connectivity index (χ0n) is 8.19. The number of amides is 1. The van der Waals surface area contributed by atoms with Crippen LogP contribution in [0.5, 0.6) is 0 Å². The Balaban J connectivity index is 3.02. The number of benzene rings is 1. The Morgan fingerprint density at radius 1 is 1.60 bits per heavy atom. The Labute approximate surface area is 86.6 Å². The van der Waals surface area contributed by atoms with E-state index in [9.17, 15) is 14.9 Å². The van der Waals surface area contributed by atoms with Crippen molar-refractivity contribution in [3.63, 3.8) is 0 Å². The van der Waals surface area contributed by atoms with Crippen LogP contribution in [0.2, 0.25) is 0 Å². The quantitative estimate of drug-likeness (QED) is 0.467. The summed E-state index contributed by atoms with van der Waals surface area (Å²) in [5.74, 6) is -0.395.